The summed E-state index contributed by atoms with van der Waals surface area (Å²) in [6.45, 7) is 4.66. The highest BCUT2D eigenvalue weighted by Crippen LogP contribution is 2.21. The molecule has 0 atom stereocenters. The van der Waals surface area contributed by atoms with Crippen molar-refractivity contribution in [3.63, 3.8) is 0 Å². The SMILES string of the molecule is CCc1cccc(C)c1NC(=O)c1ccc(NCc2ccncc2)nn1. The smallest absolute Gasteiger partial charge is 0.276 e. The van der Waals surface area contributed by atoms with E-state index in [9.17, 15) is 4.79 Å². The zero-order valence-electron chi connectivity index (χ0n) is 14.9. The number of hydrogen-bond acceptors (Lipinski definition) is 5. The molecule has 132 valence electrons. The largest absolute Gasteiger partial charge is 0.365 e. The van der Waals surface area contributed by atoms with E-state index in [0.29, 0.717) is 12.4 Å². The maximum atomic E-state index is 12.5. The van der Waals surface area contributed by atoms with E-state index in [2.05, 4.69) is 32.7 Å². The summed E-state index contributed by atoms with van der Waals surface area (Å²) in [5.41, 5.74) is 4.35. The van der Waals surface area contributed by atoms with E-state index in [0.717, 1.165) is 28.8 Å². The number of carbonyl (C=O) groups is 1. The van der Waals surface area contributed by atoms with Crippen LogP contribution in [0.2, 0.25) is 0 Å². The van der Waals surface area contributed by atoms with Crippen LogP contribution in [0.1, 0.15) is 34.1 Å². The summed E-state index contributed by atoms with van der Waals surface area (Å²) < 4.78 is 0. The summed E-state index contributed by atoms with van der Waals surface area (Å²) in [6.07, 6.45) is 4.33. The van der Waals surface area contributed by atoms with Crippen molar-refractivity contribution in [1.82, 2.24) is 15.2 Å². The van der Waals surface area contributed by atoms with Gasteiger partial charge in [-0.05, 0) is 54.3 Å². The van der Waals surface area contributed by atoms with Gasteiger partial charge >= 0.3 is 0 Å². The van der Waals surface area contributed by atoms with Crippen molar-refractivity contribution < 1.29 is 4.79 Å². The number of nitrogens with one attached hydrogen (secondary N) is 2. The van der Waals surface area contributed by atoms with Gasteiger partial charge in [0.2, 0.25) is 0 Å². The second kappa shape index (κ2) is 8.20. The van der Waals surface area contributed by atoms with Gasteiger partial charge in [-0.15, -0.1) is 10.2 Å². The predicted octanol–water partition coefficient (Wildman–Crippen LogP) is 3.61. The average Bonchev–Trinajstić information content (AvgIpc) is 2.69. The predicted molar refractivity (Wildman–Crippen MR) is 102 cm³/mol. The molecule has 0 aliphatic carbocycles. The Labute approximate surface area is 152 Å². The topological polar surface area (TPSA) is 79.8 Å². The van der Waals surface area contributed by atoms with Crippen LogP contribution >= 0.6 is 0 Å². The molecule has 2 aromatic heterocycles. The highest BCUT2D eigenvalue weighted by Gasteiger charge is 2.12. The van der Waals surface area contributed by atoms with Crippen LogP contribution in [-0.4, -0.2) is 21.1 Å². The maximum absolute atomic E-state index is 12.5. The van der Waals surface area contributed by atoms with Gasteiger partial charge in [-0.1, -0.05) is 25.1 Å². The summed E-state index contributed by atoms with van der Waals surface area (Å²) in [4.78, 5) is 16.5. The van der Waals surface area contributed by atoms with Crippen molar-refractivity contribution in [2.75, 3.05) is 10.6 Å². The Balaban J connectivity index is 1.66. The number of anilines is 2. The minimum atomic E-state index is -0.262. The fourth-order valence-corrected chi connectivity index (χ4v) is 2.62. The second-order valence-corrected chi connectivity index (χ2v) is 5.93. The third kappa shape index (κ3) is 4.22. The Kier molecular flexibility index (Phi) is 5.53. The molecule has 0 aliphatic rings. The third-order valence-electron chi connectivity index (χ3n) is 4.10. The van der Waals surface area contributed by atoms with Gasteiger partial charge in [0.25, 0.3) is 5.91 Å². The lowest BCUT2D eigenvalue weighted by Crippen LogP contribution is -2.16. The lowest BCUT2D eigenvalue weighted by molar-refractivity contribution is 0.102. The molecule has 0 bridgehead atoms. The molecule has 2 N–H and O–H groups in total. The number of aryl methyl sites for hydroxylation is 2. The Bertz CT molecular complexity index is 878. The van der Waals surface area contributed by atoms with Crippen LogP contribution in [0.25, 0.3) is 0 Å². The fraction of sp³-hybridized carbons (Fsp3) is 0.200. The van der Waals surface area contributed by atoms with Crippen molar-refractivity contribution in [1.29, 1.82) is 0 Å². The van der Waals surface area contributed by atoms with E-state index in [1.54, 1.807) is 24.5 Å². The zero-order valence-corrected chi connectivity index (χ0v) is 14.9. The van der Waals surface area contributed by atoms with Crippen LogP contribution in [0.15, 0.2) is 54.9 Å². The first-order valence-electron chi connectivity index (χ1n) is 8.53. The molecule has 6 nitrogen and oxygen atoms in total. The van der Waals surface area contributed by atoms with Gasteiger partial charge in [0.15, 0.2) is 5.69 Å². The number of para-hydroxylation sites is 1. The molecule has 3 rings (SSSR count). The van der Waals surface area contributed by atoms with Crippen LogP contribution in [-0.2, 0) is 13.0 Å². The first-order valence-corrected chi connectivity index (χ1v) is 8.53. The van der Waals surface area contributed by atoms with Crippen LogP contribution in [0.4, 0.5) is 11.5 Å². The second-order valence-electron chi connectivity index (χ2n) is 5.93. The summed E-state index contributed by atoms with van der Waals surface area (Å²) in [5, 5.41) is 14.2. The van der Waals surface area contributed by atoms with Gasteiger partial charge in [0.1, 0.15) is 5.82 Å². The Morgan fingerprint density at radius 2 is 1.85 bits per heavy atom. The number of nitrogens with zero attached hydrogens (tertiary/aromatic N) is 3. The van der Waals surface area contributed by atoms with E-state index in [4.69, 9.17) is 0 Å². The van der Waals surface area contributed by atoms with Crippen molar-refractivity contribution >= 4 is 17.4 Å². The van der Waals surface area contributed by atoms with E-state index >= 15 is 0 Å². The molecule has 26 heavy (non-hydrogen) atoms. The Hall–Kier alpha value is -3.28. The van der Waals surface area contributed by atoms with E-state index in [1.165, 1.54) is 0 Å². The molecule has 1 amide bonds. The van der Waals surface area contributed by atoms with Gasteiger partial charge in [0, 0.05) is 24.6 Å². The number of hydrogen-bond donors (Lipinski definition) is 2. The molecule has 2 heterocycles. The first-order chi connectivity index (χ1) is 12.7. The molecule has 0 unspecified atom stereocenters. The minimum absolute atomic E-state index is 0.262. The zero-order chi connectivity index (χ0) is 18.4. The van der Waals surface area contributed by atoms with E-state index in [-0.39, 0.29) is 11.6 Å². The molecular formula is C20H21N5O. The fourth-order valence-electron chi connectivity index (χ4n) is 2.62. The molecule has 3 aromatic rings. The summed E-state index contributed by atoms with van der Waals surface area (Å²) >= 11 is 0. The van der Waals surface area contributed by atoms with Crippen LogP contribution in [0.3, 0.4) is 0 Å². The molecule has 1 aromatic carbocycles. The highest BCUT2D eigenvalue weighted by molar-refractivity contribution is 6.03. The summed E-state index contributed by atoms with van der Waals surface area (Å²) in [6, 6.07) is 13.3. The van der Waals surface area contributed by atoms with Gasteiger partial charge in [0.05, 0.1) is 0 Å². The quantitative estimate of drug-likeness (QED) is 0.712. The lowest BCUT2D eigenvalue weighted by Gasteiger charge is -2.12. The Morgan fingerprint density at radius 3 is 2.54 bits per heavy atom. The normalized spacial score (nSPS) is 10.4. The van der Waals surface area contributed by atoms with Crippen molar-refractivity contribution in [3.8, 4) is 0 Å². The molecule has 0 fully saturated rings. The molecule has 0 radical (unpaired) electrons. The van der Waals surface area contributed by atoms with Crippen molar-refractivity contribution in [2.24, 2.45) is 0 Å². The number of pyridine rings is 1. The molecule has 0 aliphatic heterocycles. The molecule has 0 spiro atoms. The number of benzene rings is 1. The third-order valence-corrected chi connectivity index (χ3v) is 4.10. The summed E-state index contributed by atoms with van der Waals surface area (Å²) in [5.74, 6) is 0.352. The maximum Gasteiger partial charge on any atom is 0.276 e. The molecular weight excluding hydrogens is 326 g/mol. The summed E-state index contributed by atoms with van der Waals surface area (Å²) in [7, 11) is 0. The van der Waals surface area contributed by atoms with Gasteiger partial charge in [-0.25, -0.2) is 0 Å². The number of amides is 1. The number of carbonyl (C=O) groups excluding carboxylic acids is 1. The Morgan fingerprint density at radius 1 is 1.04 bits per heavy atom. The minimum Gasteiger partial charge on any atom is -0.365 e. The van der Waals surface area contributed by atoms with Crippen molar-refractivity contribution in [2.45, 2.75) is 26.8 Å². The standard InChI is InChI=1S/C20H21N5O/c1-3-16-6-4-5-14(2)19(16)23-20(26)17-7-8-18(25-24-17)22-13-15-9-11-21-12-10-15/h4-12H,3,13H2,1-2H3,(H,22,25)(H,23,26). The molecule has 0 saturated heterocycles. The van der Waals surface area contributed by atoms with E-state index in [1.807, 2.05) is 37.3 Å². The van der Waals surface area contributed by atoms with Crippen LogP contribution in [0, 0.1) is 6.92 Å². The first kappa shape index (κ1) is 17.5. The lowest BCUT2D eigenvalue weighted by atomic mass is 10.1. The van der Waals surface area contributed by atoms with Crippen molar-refractivity contribution in [3.05, 3.63) is 77.2 Å². The number of aromatic nitrogens is 3. The van der Waals surface area contributed by atoms with E-state index < -0.39 is 0 Å². The average molecular weight is 347 g/mol. The van der Waals surface area contributed by atoms with Crippen LogP contribution in [0.5, 0.6) is 0 Å². The van der Waals surface area contributed by atoms with Crippen LogP contribution < -0.4 is 10.6 Å². The van der Waals surface area contributed by atoms with Gasteiger partial charge in [-0.3, -0.25) is 9.78 Å². The molecule has 0 saturated carbocycles. The van der Waals surface area contributed by atoms with Gasteiger partial charge in [-0.2, -0.15) is 0 Å². The number of rotatable bonds is 6. The molecule has 6 heteroatoms. The van der Waals surface area contributed by atoms with Gasteiger partial charge < -0.3 is 10.6 Å². The monoisotopic (exact) mass is 347 g/mol. The highest BCUT2D eigenvalue weighted by atomic mass is 16.1.